The van der Waals surface area contributed by atoms with E-state index < -0.39 is 0 Å². The third kappa shape index (κ3) is 5.30. The number of benzene rings is 2. The van der Waals surface area contributed by atoms with Crippen LogP contribution in [-0.2, 0) is 13.5 Å². The Bertz CT molecular complexity index is 1740. The fraction of sp³-hybridized carbons (Fsp3) is 0.382. The Morgan fingerprint density at radius 3 is 2.53 bits per heavy atom. The van der Waals surface area contributed by atoms with Crippen molar-refractivity contribution in [2.24, 2.45) is 7.05 Å². The van der Waals surface area contributed by atoms with E-state index in [1.165, 1.54) is 40.0 Å². The van der Waals surface area contributed by atoms with Crippen LogP contribution in [-0.4, -0.2) is 53.5 Å². The standard InChI is InChI=1S/C34H36ClN5O2S/c1-20-4-11-25(31(35)26(20)17-29(41)30-18-27-21-5-6-22(16-21)32(27)43-30)28-19-39(3)34(42)33(37-28)36-23-7-9-24(10-8-23)40-14-12-38(2)13-15-40/h4,7-11,18-19,21-22H,5-6,12-17H2,1-3H3,(H,36,37). The van der Waals surface area contributed by atoms with Gasteiger partial charge in [0, 0.05) is 67.7 Å². The molecule has 0 amide bonds. The number of likely N-dealkylation sites (N-methyl/N-ethyl adjacent to an activating group) is 1. The van der Waals surface area contributed by atoms with Crippen LogP contribution in [0, 0.1) is 6.92 Å². The second-order valence-corrected chi connectivity index (χ2v) is 13.8. The van der Waals surface area contributed by atoms with Gasteiger partial charge in [-0.2, -0.15) is 0 Å². The third-order valence-electron chi connectivity index (χ3n) is 9.47. The van der Waals surface area contributed by atoms with Gasteiger partial charge in [-0.15, -0.1) is 11.3 Å². The molecule has 3 heterocycles. The lowest BCUT2D eigenvalue weighted by molar-refractivity contribution is 0.0996. The molecule has 0 spiro atoms. The highest BCUT2D eigenvalue weighted by molar-refractivity contribution is 7.14. The van der Waals surface area contributed by atoms with Crippen molar-refractivity contribution < 1.29 is 4.79 Å². The van der Waals surface area contributed by atoms with Crippen molar-refractivity contribution in [1.29, 1.82) is 0 Å². The molecule has 2 bridgehead atoms. The number of Topliss-reactive ketones (excluding diaryl/α,β-unsaturated/α-hetero) is 1. The Morgan fingerprint density at radius 2 is 1.79 bits per heavy atom. The summed E-state index contributed by atoms with van der Waals surface area (Å²) < 4.78 is 1.52. The number of nitrogens with zero attached hydrogens (tertiary/aromatic N) is 4. The number of rotatable bonds is 7. The quantitative estimate of drug-likeness (QED) is 0.232. The first kappa shape index (κ1) is 28.3. The molecule has 7 rings (SSSR count). The molecule has 1 N–H and O–H groups in total. The molecule has 2 aromatic heterocycles. The maximum atomic E-state index is 13.5. The van der Waals surface area contributed by atoms with E-state index in [0.29, 0.717) is 28.1 Å². The third-order valence-corrected chi connectivity index (χ3v) is 11.3. The minimum atomic E-state index is -0.231. The van der Waals surface area contributed by atoms with Gasteiger partial charge >= 0.3 is 0 Å². The summed E-state index contributed by atoms with van der Waals surface area (Å²) >= 11 is 8.70. The van der Waals surface area contributed by atoms with E-state index in [1.54, 1.807) is 24.6 Å². The van der Waals surface area contributed by atoms with Gasteiger partial charge in [0.15, 0.2) is 11.6 Å². The SMILES string of the molecule is Cc1ccc(-c2cn(C)c(=O)c(Nc3ccc(N4CCN(C)CC4)cc3)n2)c(Cl)c1CC(=O)c1cc2c(s1)C1CCC2C1. The van der Waals surface area contributed by atoms with Gasteiger partial charge in [0.25, 0.3) is 5.56 Å². The molecular weight excluding hydrogens is 578 g/mol. The predicted molar refractivity (Wildman–Crippen MR) is 176 cm³/mol. The highest BCUT2D eigenvalue weighted by Gasteiger charge is 2.39. The van der Waals surface area contributed by atoms with E-state index in [1.807, 2.05) is 31.2 Å². The number of hydrogen-bond donors (Lipinski definition) is 1. The van der Waals surface area contributed by atoms with Gasteiger partial charge in [-0.25, -0.2) is 4.98 Å². The molecule has 2 aromatic carbocycles. The molecule has 9 heteroatoms. The number of thiophene rings is 1. The van der Waals surface area contributed by atoms with Crippen molar-refractivity contribution in [3.63, 3.8) is 0 Å². The Labute approximate surface area is 261 Å². The number of halogens is 1. The van der Waals surface area contributed by atoms with Crippen molar-refractivity contribution in [2.45, 2.75) is 44.4 Å². The summed E-state index contributed by atoms with van der Waals surface area (Å²) in [5.74, 6) is 1.62. The largest absolute Gasteiger partial charge is 0.369 e. The Morgan fingerprint density at radius 1 is 1.05 bits per heavy atom. The van der Waals surface area contributed by atoms with E-state index in [-0.39, 0.29) is 23.6 Å². The van der Waals surface area contributed by atoms with Crippen LogP contribution >= 0.6 is 22.9 Å². The zero-order valence-corrected chi connectivity index (χ0v) is 26.4. The first-order chi connectivity index (χ1) is 20.7. The molecule has 0 radical (unpaired) electrons. The molecule has 43 heavy (non-hydrogen) atoms. The van der Waals surface area contributed by atoms with Crippen molar-refractivity contribution in [1.82, 2.24) is 14.5 Å². The van der Waals surface area contributed by atoms with Crippen molar-refractivity contribution >= 4 is 45.9 Å². The van der Waals surface area contributed by atoms with Gasteiger partial charge < -0.3 is 19.7 Å². The molecule has 1 saturated carbocycles. The number of carbonyl (C=O) groups excluding carboxylic acids is 1. The molecule has 222 valence electrons. The number of piperazine rings is 1. The monoisotopic (exact) mass is 613 g/mol. The summed E-state index contributed by atoms with van der Waals surface area (Å²) in [6.45, 7) is 6.06. The lowest BCUT2D eigenvalue weighted by atomic mass is 9.96. The van der Waals surface area contributed by atoms with Gasteiger partial charge in [0.1, 0.15) is 0 Å². The minimum absolute atomic E-state index is 0.108. The Kier molecular flexibility index (Phi) is 7.40. The summed E-state index contributed by atoms with van der Waals surface area (Å²) in [5.41, 5.74) is 6.18. The van der Waals surface area contributed by atoms with Gasteiger partial charge in [0.2, 0.25) is 0 Å². The van der Waals surface area contributed by atoms with E-state index in [9.17, 15) is 9.59 Å². The van der Waals surface area contributed by atoms with Crippen LogP contribution in [0.15, 0.2) is 53.5 Å². The van der Waals surface area contributed by atoms with Gasteiger partial charge in [-0.1, -0.05) is 23.7 Å². The summed E-state index contributed by atoms with van der Waals surface area (Å²) in [6, 6.07) is 14.2. The van der Waals surface area contributed by atoms with E-state index in [2.05, 4.69) is 40.4 Å². The summed E-state index contributed by atoms with van der Waals surface area (Å²) in [4.78, 5) is 38.2. The minimum Gasteiger partial charge on any atom is -0.369 e. The van der Waals surface area contributed by atoms with Crippen LogP contribution in [0.2, 0.25) is 5.02 Å². The number of fused-ring (bicyclic) bond motifs is 5. The van der Waals surface area contributed by atoms with Gasteiger partial charge in [0.05, 0.1) is 15.6 Å². The van der Waals surface area contributed by atoms with Crippen LogP contribution in [0.4, 0.5) is 17.2 Å². The molecule has 2 aliphatic carbocycles. The second kappa shape index (κ2) is 11.2. The summed E-state index contributed by atoms with van der Waals surface area (Å²) in [5, 5.41) is 3.73. The maximum absolute atomic E-state index is 13.5. The summed E-state index contributed by atoms with van der Waals surface area (Å²) in [7, 11) is 3.86. The lowest BCUT2D eigenvalue weighted by Gasteiger charge is -2.34. The number of aryl methyl sites for hydroxylation is 2. The van der Waals surface area contributed by atoms with E-state index in [0.717, 1.165) is 47.9 Å². The number of anilines is 3. The predicted octanol–water partition coefficient (Wildman–Crippen LogP) is 6.76. The first-order valence-electron chi connectivity index (χ1n) is 15.1. The van der Waals surface area contributed by atoms with E-state index >= 15 is 0 Å². The molecule has 1 aliphatic heterocycles. The smallest absolute Gasteiger partial charge is 0.293 e. The molecule has 2 atom stereocenters. The lowest BCUT2D eigenvalue weighted by Crippen LogP contribution is -2.44. The first-order valence-corrected chi connectivity index (χ1v) is 16.3. The molecule has 1 saturated heterocycles. The number of nitrogens with one attached hydrogen (secondary N) is 1. The highest BCUT2D eigenvalue weighted by atomic mass is 35.5. The van der Waals surface area contributed by atoms with Gasteiger partial charge in [-0.05, 0) is 92.1 Å². The zero-order valence-electron chi connectivity index (χ0n) is 24.8. The molecule has 3 aliphatic rings. The number of aromatic nitrogens is 2. The molecular formula is C34H36ClN5O2S. The van der Waals surface area contributed by atoms with E-state index in [4.69, 9.17) is 16.6 Å². The van der Waals surface area contributed by atoms with Crippen LogP contribution in [0.3, 0.4) is 0 Å². The van der Waals surface area contributed by atoms with Crippen molar-refractivity contribution in [2.75, 3.05) is 43.4 Å². The number of hydrogen-bond acceptors (Lipinski definition) is 7. The van der Waals surface area contributed by atoms with Crippen LogP contribution in [0.5, 0.6) is 0 Å². The number of carbonyl (C=O) groups is 1. The highest BCUT2D eigenvalue weighted by Crippen LogP contribution is 2.56. The second-order valence-electron chi connectivity index (χ2n) is 12.3. The molecule has 2 unspecified atom stereocenters. The van der Waals surface area contributed by atoms with Gasteiger partial charge in [-0.3, -0.25) is 9.59 Å². The van der Waals surface area contributed by atoms with Crippen LogP contribution in [0.25, 0.3) is 11.3 Å². The van der Waals surface area contributed by atoms with Crippen molar-refractivity contribution in [3.05, 3.63) is 90.5 Å². The Hall–Kier alpha value is -3.46. The molecule has 7 nitrogen and oxygen atoms in total. The van der Waals surface area contributed by atoms with Crippen LogP contribution < -0.4 is 15.8 Å². The average molecular weight is 614 g/mol. The molecule has 2 fully saturated rings. The maximum Gasteiger partial charge on any atom is 0.293 e. The molecule has 4 aromatic rings. The Balaban J connectivity index is 1.13. The average Bonchev–Trinajstić information content (AvgIpc) is 3.73. The topological polar surface area (TPSA) is 70.5 Å². The fourth-order valence-electron chi connectivity index (χ4n) is 6.85. The normalized spacial score (nSPS) is 19.6. The number of ketones is 1. The van der Waals surface area contributed by atoms with Crippen LogP contribution in [0.1, 0.15) is 62.3 Å². The fourth-order valence-corrected chi connectivity index (χ4v) is 8.56. The zero-order chi connectivity index (χ0) is 29.8. The van der Waals surface area contributed by atoms with Crippen molar-refractivity contribution in [3.8, 4) is 11.3 Å². The summed E-state index contributed by atoms with van der Waals surface area (Å²) in [6.07, 6.45) is 5.70.